The first-order valence-corrected chi connectivity index (χ1v) is 11.3. The van der Waals surface area contributed by atoms with E-state index in [0.29, 0.717) is 5.56 Å². The summed E-state index contributed by atoms with van der Waals surface area (Å²) in [5.74, 6) is -0.276. The van der Waals surface area contributed by atoms with Gasteiger partial charge in [-0.3, -0.25) is 0 Å². The maximum atomic E-state index is 13.2. The fourth-order valence-corrected chi connectivity index (χ4v) is 5.72. The molecule has 0 aliphatic carbocycles. The lowest BCUT2D eigenvalue weighted by Crippen LogP contribution is -2.28. The van der Waals surface area contributed by atoms with Crippen molar-refractivity contribution >= 4 is 29.8 Å². The highest BCUT2D eigenvalue weighted by molar-refractivity contribution is 7.80. The zero-order valence-corrected chi connectivity index (χ0v) is 17.9. The Balaban J connectivity index is 2.05. The van der Waals surface area contributed by atoms with Crippen LogP contribution in [0.15, 0.2) is 97.1 Å². The van der Waals surface area contributed by atoms with Crippen molar-refractivity contribution in [2.75, 3.05) is 0 Å². The molecule has 3 aromatic carbocycles. The van der Waals surface area contributed by atoms with Crippen molar-refractivity contribution in [2.45, 2.75) is 32.8 Å². The van der Waals surface area contributed by atoms with Crippen LogP contribution in [-0.4, -0.2) is 12.1 Å². The molecule has 1 unspecified atom stereocenters. The number of carbonyl (C=O) groups is 1. The third kappa shape index (κ3) is 5.22. The van der Waals surface area contributed by atoms with Gasteiger partial charge in [0.05, 0.1) is 5.56 Å². The van der Waals surface area contributed by atoms with E-state index in [-0.39, 0.29) is 12.1 Å². The highest BCUT2D eigenvalue weighted by Gasteiger charge is 2.24. The van der Waals surface area contributed by atoms with Crippen LogP contribution < -0.4 is 15.9 Å². The molecular formula is C26H27O2P. The molecule has 29 heavy (non-hydrogen) atoms. The number of carbonyl (C=O) groups excluding carboxylic acids is 1. The molecule has 0 spiro atoms. The van der Waals surface area contributed by atoms with Gasteiger partial charge in [-0.2, -0.15) is 0 Å². The Morgan fingerprint density at radius 3 is 1.93 bits per heavy atom. The van der Waals surface area contributed by atoms with Gasteiger partial charge < -0.3 is 4.74 Å². The van der Waals surface area contributed by atoms with Crippen molar-refractivity contribution in [3.05, 3.63) is 103 Å². The van der Waals surface area contributed by atoms with Crippen LogP contribution in [0, 0.1) is 0 Å². The molecule has 0 bridgehead atoms. The summed E-state index contributed by atoms with van der Waals surface area (Å²) < 4.78 is 5.87. The summed E-state index contributed by atoms with van der Waals surface area (Å²) in [6, 6.07) is 28.6. The molecule has 3 heteroatoms. The fourth-order valence-electron chi connectivity index (χ4n) is 3.28. The van der Waals surface area contributed by atoms with E-state index in [2.05, 4.69) is 43.8 Å². The van der Waals surface area contributed by atoms with Crippen LogP contribution >= 0.6 is 7.92 Å². The van der Waals surface area contributed by atoms with Crippen molar-refractivity contribution < 1.29 is 9.53 Å². The number of hydrogen-bond donors (Lipinski definition) is 0. The van der Waals surface area contributed by atoms with E-state index in [0.717, 1.165) is 23.7 Å². The summed E-state index contributed by atoms with van der Waals surface area (Å²) in [5, 5.41) is 3.43. The number of rotatable bonds is 8. The summed E-state index contributed by atoms with van der Waals surface area (Å²) in [5.41, 5.74) is 1.51. The Hall–Kier alpha value is -2.70. The maximum absolute atomic E-state index is 13.2. The molecule has 3 rings (SSSR count). The quantitative estimate of drug-likeness (QED) is 0.289. The summed E-state index contributed by atoms with van der Waals surface area (Å²) in [6.07, 6.45) is 1.47. The van der Waals surface area contributed by atoms with Gasteiger partial charge in [0.2, 0.25) is 0 Å². The largest absolute Gasteiger partial charge is 0.454 e. The van der Waals surface area contributed by atoms with Crippen molar-refractivity contribution in [3.8, 4) is 0 Å². The Kier molecular flexibility index (Phi) is 7.38. The van der Waals surface area contributed by atoms with Gasteiger partial charge in [0, 0.05) is 0 Å². The highest BCUT2D eigenvalue weighted by atomic mass is 31.1. The van der Waals surface area contributed by atoms with Gasteiger partial charge in [-0.1, -0.05) is 98.8 Å². The van der Waals surface area contributed by atoms with Gasteiger partial charge in [-0.25, -0.2) is 4.79 Å². The normalized spacial score (nSPS) is 11.8. The van der Waals surface area contributed by atoms with Gasteiger partial charge >= 0.3 is 5.97 Å². The molecule has 0 N–H and O–H groups in total. The van der Waals surface area contributed by atoms with Gasteiger partial charge in [0.15, 0.2) is 0 Å². The van der Waals surface area contributed by atoms with E-state index >= 15 is 0 Å². The molecule has 0 radical (unpaired) electrons. The van der Waals surface area contributed by atoms with E-state index < -0.39 is 7.92 Å². The second-order valence-electron chi connectivity index (χ2n) is 7.05. The molecule has 0 fully saturated rings. The Morgan fingerprint density at radius 2 is 1.41 bits per heavy atom. The average Bonchev–Trinajstić information content (AvgIpc) is 2.75. The first-order chi connectivity index (χ1) is 14.1. The molecule has 148 valence electrons. The maximum Gasteiger partial charge on any atom is 0.339 e. The molecule has 0 aliphatic rings. The van der Waals surface area contributed by atoms with E-state index in [4.69, 9.17) is 4.74 Å². The first-order valence-electron chi connectivity index (χ1n) is 9.97. The molecule has 0 amide bonds. The first kappa shape index (κ1) is 21.0. The minimum atomic E-state index is -0.871. The van der Waals surface area contributed by atoms with Crippen LogP contribution in [0.4, 0.5) is 0 Å². The molecule has 3 aromatic rings. The standard InChI is InChI=1S/C26H27O2P/c1-4-13-24(20(2)3)28-26(27)23-18-11-12-19-25(23)29(21-14-7-5-8-15-21)22-16-9-6-10-17-22/h5-12,14-19,24H,2,4,13H2,1,3H3. The number of ether oxygens (including phenoxy) is 1. The van der Waals surface area contributed by atoms with Crippen LogP contribution in [-0.2, 0) is 4.74 Å². The topological polar surface area (TPSA) is 26.3 Å². The van der Waals surface area contributed by atoms with Crippen molar-refractivity contribution in [1.82, 2.24) is 0 Å². The van der Waals surface area contributed by atoms with Gasteiger partial charge in [0.1, 0.15) is 6.10 Å². The van der Waals surface area contributed by atoms with E-state index in [1.807, 2.05) is 61.5 Å². The lowest BCUT2D eigenvalue weighted by atomic mass is 10.1. The lowest BCUT2D eigenvalue weighted by Gasteiger charge is -2.23. The zero-order valence-electron chi connectivity index (χ0n) is 17.0. The highest BCUT2D eigenvalue weighted by Crippen LogP contribution is 2.34. The fraction of sp³-hybridized carbons (Fsp3) is 0.192. The molecule has 0 heterocycles. The molecule has 1 atom stereocenters. The molecule has 0 saturated heterocycles. The van der Waals surface area contributed by atoms with E-state index in [9.17, 15) is 4.79 Å². The lowest BCUT2D eigenvalue weighted by molar-refractivity contribution is 0.0360. The molecule has 0 aliphatic heterocycles. The Bertz CT molecular complexity index is 911. The smallest absolute Gasteiger partial charge is 0.339 e. The predicted molar refractivity (Wildman–Crippen MR) is 124 cm³/mol. The SMILES string of the molecule is C=C(C)C(CCC)OC(=O)c1ccccc1P(c1ccccc1)c1ccccc1. The monoisotopic (exact) mass is 402 g/mol. The van der Waals surface area contributed by atoms with E-state index in [1.54, 1.807) is 0 Å². The van der Waals surface area contributed by atoms with Gasteiger partial charge in [-0.15, -0.1) is 0 Å². The third-order valence-electron chi connectivity index (χ3n) is 4.74. The molecule has 2 nitrogen and oxygen atoms in total. The second-order valence-corrected chi connectivity index (χ2v) is 9.24. The minimum absolute atomic E-state index is 0.250. The van der Waals surface area contributed by atoms with Crippen molar-refractivity contribution in [1.29, 1.82) is 0 Å². The summed E-state index contributed by atoms with van der Waals surface area (Å²) in [6.45, 7) is 8.00. The minimum Gasteiger partial charge on any atom is -0.454 e. The number of benzene rings is 3. The van der Waals surface area contributed by atoms with Crippen LogP contribution in [0.2, 0.25) is 0 Å². The Morgan fingerprint density at radius 1 is 0.897 bits per heavy atom. The summed E-state index contributed by atoms with van der Waals surface area (Å²) in [7, 11) is -0.871. The number of esters is 1. The third-order valence-corrected chi connectivity index (χ3v) is 7.24. The van der Waals surface area contributed by atoms with Crippen LogP contribution in [0.1, 0.15) is 37.0 Å². The van der Waals surface area contributed by atoms with Crippen LogP contribution in [0.25, 0.3) is 0 Å². The summed E-state index contributed by atoms with van der Waals surface area (Å²) >= 11 is 0. The van der Waals surface area contributed by atoms with Crippen molar-refractivity contribution in [2.24, 2.45) is 0 Å². The molecule has 0 saturated carbocycles. The second kappa shape index (κ2) is 10.2. The van der Waals surface area contributed by atoms with E-state index in [1.165, 1.54) is 10.6 Å². The Labute approximate surface area is 175 Å². The predicted octanol–water partition coefficient (Wildman–Crippen LogP) is 5.35. The van der Waals surface area contributed by atoms with Gasteiger partial charge in [0.25, 0.3) is 0 Å². The van der Waals surface area contributed by atoms with Gasteiger partial charge in [-0.05, 0) is 48.8 Å². The summed E-state index contributed by atoms with van der Waals surface area (Å²) in [4.78, 5) is 13.2. The average molecular weight is 402 g/mol. The number of hydrogen-bond acceptors (Lipinski definition) is 2. The molecular weight excluding hydrogens is 375 g/mol. The van der Waals surface area contributed by atoms with Crippen LogP contribution in [0.5, 0.6) is 0 Å². The van der Waals surface area contributed by atoms with Crippen molar-refractivity contribution in [3.63, 3.8) is 0 Å². The van der Waals surface area contributed by atoms with Crippen LogP contribution in [0.3, 0.4) is 0 Å². The zero-order chi connectivity index (χ0) is 20.6. The molecule has 0 aromatic heterocycles.